The average Bonchev–Trinajstić information content (AvgIpc) is 3.75. The van der Waals surface area contributed by atoms with Gasteiger partial charge in [0.25, 0.3) is 0 Å². The Balaban J connectivity index is 0.00000316. The van der Waals surface area contributed by atoms with Gasteiger partial charge in [-0.1, -0.05) is 0 Å². The molecule has 1 spiro atoms. The number of piperidine rings is 1. The summed E-state index contributed by atoms with van der Waals surface area (Å²) in [5.41, 5.74) is 1.53. The van der Waals surface area contributed by atoms with Crippen molar-refractivity contribution >= 4 is 28.4 Å². The summed E-state index contributed by atoms with van der Waals surface area (Å²) in [5, 5.41) is 15.6. The van der Waals surface area contributed by atoms with E-state index >= 15 is 0 Å². The number of fused-ring (bicyclic) bond motifs is 2. The van der Waals surface area contributed by atoms with E-state index in [0.717, 1.165) is 23.7 Å². The van der Waals surface area contributed by atoms with Gasteiger partial charge in [0.15, 0.2) is 11.6 Å². The van der Waals surface area contributed by atoms with E-state index in [-0.39, 0.29) is 52.3 Å². The van der Waals surface area contributed by atoms with Gasteiger partial charge >= 0.3 is 29.6 Å². The van der Waals surface area contributed by atoms with E-state index in [1.54, 1.807) is 31.4 Å². The number of aromatic carboxylic acids is 1. The molecule has 3 aliphatic rings. The molecule has 1 atom stereocenters. The first-order valence-corrected chi connectivity index (χ1v) is 13.9. The fourth-order valence-electron chi connectivity index (χ4n) is 6.33. The van der Waals surface area contributed by atoms with Crippen LogP contribution in [0.4, 0.5) is 0 Å². The first kappa shape index (κ1) is 28.6. The maximum absolute atomic E-state index is 14.4. The number of ether oxygens (including phenoxy) is 2. The maximum Gasteiger partial charge on any atom is 1.00 e. The number of hydrogen-bond acceptors (Lipinski definition) is 8. The molecule has 2 aromatic carbocycles. The second-order valence-corrected chi connectivity index (χ2v) is 11.1. The number of aromatic nitrogens is 2. The minimum Gasteiger partial charge on any atom is -0.545 e. The molecule has 0 unspecified atom stereocenters. The molecule has 2 fully saturated rings. The largest absolute Gasteiger partial charge is 1.00 e. The Bertz CT molecular complexity index is 1740. The normalized spacial score (nSPS) is 19.1. The number of methoxy groups -OCH3 is 1. The van der Waals surface area contributed by atoms with Gasteiger partial charge in [-0.25, -0.2) is 0 Å². The van der Waals surface area contributed by atoms with E-state index in [1.807, 2.05) is 18.3 Å². The first-order valence-electron chi connectivity index (χ1n) is 13.9. The van der Waals surface area contributed by atoms with Gasteiger partial charge in [-0.15, -0.1) is 0 Å². The fourth-order valence-corrected chi connectivity index (χ4v) is 6.33. The summed E-state index contributed by atoms with van der Waals surface area (Å²) in [6.45, 7) is 1.24. The van der Waals surface area contributed by atoms with Gasteiger partial charge in [-0.2, -0.15) is 0 Å². The number of carbonyl (C=O) groups excluding carboxylic acids is 3. The molecule has 7 rings (SSSR count). The number of pyridine rings is 1. The molecule has 4 aromatic rings. The molecule has 2 aromatic heterocycles. The van der Waals surface area contributed by atoms with E-state index in [1.165, 1.54) is 18.3 Å². The van der Waals surface area contributed by atoms with Crippen LogP contribution in [0.3, 0.4) is 0 Å². The number of carboxylic acid groups (broad SMARTS) is 1. The minimum atomic E-state index is -1.32. The molecular weight excluding hydrogens is 545 g/mol. The van der Waals surface area contributed by atoms with Crippen molar-refractivity contribution in [2.75, 3.05) is 20.2 Å². The van der Waals surface area contributed by atoms with Crippen molar-refractivity contribution < 1.29 is 58.5 Å². The zero-order valence-corrected chi connectivity index (χ0v) is 25.5. The molecule has 0 amide bonds. The predicted octanol–water partition coefficient (Wildman–Crippen LogP) is 0.611. The van der Waals surface area contributed by atoms with Crippen LogP contribution in [-0.2, 0) is 0 Å². The fraction of sp³-hybridized carbons (Fsp3) is 0.312. The molecule has 10 heteroatoms. The summed E-state index contributed by atoms with van der Waals surface area (Å²) in [6.07, 6.45) is 6.61. The van der Waals surface area contributed by atoms with Gasteiger partial charge in [0.1, 0.15) is 23.0 Å². The van der Waals surface area contributed by atoms with Crippen molar-refractivity contribution in [2.45, 2.75) is 37.3 Å². The van der Waals surface area contributed by atoms with Crippen LogP contribution in [0.1, 0.15) is 62.8 Å². The smallest absolute Gasteiger partial charge is 0.545 e. The molecule has 4 heterocycles. The summed E-state index contributed by atoms with van der Waals surface area (Å²) in [4.78, 5) is 44.4. The SMILES string of the molecule is COc1cc(C(=O)[C@@H]2C(=O)c3cc(-c4cc(C(=O)[O-])ccn4)ccc3OC23CCNCC3)cc2c1ccn2C1CC1.[Na+]. The topological polar surface area (TPSA) is 123 Å². The number of ketones is 2. The summed E-state index contributed by atoms with van der Waals surface area (Å²) in [6, 6.07) is 13.9. The molecule has 1 saturated carbocycles. The van der Waals surface area contributed by atoms with Crippen LogP contribution in [-0.4, -0.2) is 52.9 Å². The Morgan fingerprint density at radius 1 is 1.07 bits per heavy atom. The van der Waals surface area contributed by atoms with Gasteiger partial charge in [0.2, 0.25) is 0 Å². The molecule has 9 nitrogen and oxygen atoms in total. The molecule has 0 radical (unpaired) electrons. The van der Waals surface area contributed by atoms with Crippen LogP contribution >= 0.6 is 0 Å². The molecule has 1 N–H and O–H groups in total. The van der Waals surface area contributed by atoms with Crippen LogP contribution in [0.5, 0.6) is 11.5 Å². The number of rotatable bonds is 6. The predicted molar refractivity (Wildman–Crippen MR) is 148 cm³/mol. The molecule has 1 aliphatic carbocycles. The third-order valence-electron chi connectivity index (χ3n) is 8.59. The third-order valence-corrected chi connectivity index (χ3v) is 8.59. The minimum absolute atomic E-state index is 0. The van der Waals surface area contributed by atoms with Crippen LogP contribution in [0, 0.1) is 5.92 Å². The third kappa shape index (κ3) is 4.74. The van der Waals surface area contributed by atoms with Crippen molar-refractivity contribution in [3.8, 4) is 22.8 Å². The van der Waals surface area contributed by atoms with Crippen molar-refractivity contribution in [1.82, 2.24) is 14.9 Å². The summed E-state index contributed by atoms with van der Waals surface area (Å²) < 4.78 is 14.5. The number of carboxylic acids is 1. The number of nitrogens with zero attached hydrogens (tertiary/aromatic N) is 2. The van der Waals surface area contributed by atoms with Crippen LogP contribution in [0.25, 0.3) is 22.2 Å². The Kier molecular flexibility index (Phi) is 7.47. The Hall–Kier alpha value is -3.50. The zero-order chi connectivity index (χ0) is 28.3. The van der Waals surface area contributed by atoms with E-state index in [4.69, 9.17) is 9.47 Å². The van der Waals surface area contributed by atoms with E-state index in [9.17, 15) is 19.5 Å². The number of carbonyl (C=O) groups is 3. The van der Waals surface area contributed by atoms with Crippen molar-refractivity contribution in [2.24, 2.45) is 5.92 Å². The molecule has 0 bridgehead atoms. The van der Waals surface area contributed by atoms with Gasteiger partial charge in [-0.05, 0) is 74.5 Å². The molecule has 42 heavy (non-hydrogen) atoms. The molecule has 208 valence electrons. The Morgan fingerprint density at radius 2 is 1.86 bits per heavy atom. The number of hydrogen-bond donors (Lipinski definition) is 1. The molecular formula is C32H28N3NaO6. The van der Waals surface area contributed by atoms with E-state index in [2.05, 4.69) is 14.9 Å². The van der Waals surface area contributed by atoms with E-state index in [0.29, 0.717) is 60.3 Å². The summed E-state index contributed by atoms with van der Waals surface area (Å²) in [5.74, 6) is -1.97. The monoisotopic (exact) mass is 573 g/mol. The number of Topliss-reactive ketones (excluding diaryl/α,β-unsaturated/α-hetero) is 2. The van der Waals surface area contributed by atoms with Gasteiger partial charge < -0.3 is 29.3 Å². The second-order valence-electron chi connectivity index (χ2n) is 11.1. The molecule has 1 saturated heterocycles. The van der Waals surface area contributed by atoms with Gasteiger partial charge in [0.05, 0.1) is 29.9 Å². The van der Waals surface area contributed by atoms with Crippen molar-refractivity contribution in [1.29, 1.82) is 0 Å². The van der Waals surface area contributed by atoms with Crippen molar-refractivity contribution in [3.05, 3.63) is 77.6 Å². The number of benzene rings is 2. The van der Waals surface area contributed by atoms with Crippen molar-refractivity contribution in [3.63, 3.8) is 0 Å². The molecule has 2 aliphatic heterocycles. The van der Waals surface area contributed by atoms with Crippen LogP contribution in [0.15, 0.2) is 60.9 Å². The van der Waals surface area contributed by atoms with Gasteiger partial charge in [-0.3, -0.25) is 14.6 Å². The first-order chi connectivity index (χ1) is 19.9. The Labute approximate surface area is 264 Å². The second kappa shape index (κ2) is 11.0. The van der Waals surface area contributed by atoms with Gasteiger partial charge in [0, 0.05) is 53.4 Å². The standard InChI is InChI=1S/C32H29N3O6.Na/c1-40-27-17-20(16-25-22(27)7-13-35(25)21-3-4-21)29(36)28-30(37)23-14-18(24-15-19(31(38)39)6-10-34-24)2-5-26(23)41-32(28)8-11-33-12-9-32;/h2,5-7,10,13-17,21,28,33H,3-4,8-9,11-12H2,1H3,(H,38,39);/q;+1/p-1/t28-;/m1./s1. The Morgan fingerprint density at radius 3 is 2.57 bits per heavy atom. The van der Waals surface area contributed by atoms with Crippen LogP contribution < -0.4 is 49.5 Å². The average molecular weight is 574 g/mol. The summed E-state index contributed by atoms with van der Waals surface area (Å²) >= 11 is 0. The quantitative estimate of drug-likeness (QED) is 0.202. The van der Waals surface area contributed by atoms with Crippen LogP contribution in [0.2, 0.25) is 0 Å². The number of nitrogens with one attached hydrogen (secondary N) is 1. The zero-order valence-electron chi connectivity index (χ0n) is 23.5. The summed E-state index contributed by atoms with van der Waals surface area (Å²) in [7, 11) is 1.59. The maximum atomic E-state index is 14.4. The van der Waals surface area contributed by atoms with E-state index < -0.39 is 17.5 Å².